The number of fused-ring (bicyclic) bond motifs is 1. The van der Waals surface area contributed by atoms with Gasteiger partial charge in [0.25, 0.3) is 5.91 Å². The van der Waals surface area contributed by atoms with Crippen LogP contribution in [0, 0.1) is 13.8 Å². The molecule has 0 atom stereocenters. The van der Waals surface area contributed by atoms with Gasteiger partial charge in [-0.2, -0.15) is 5.10 Å². The van der Waals surface area contributed by atoms with Crippen LogP contribution in [0.25, 0.3) is 5.65 Å². The summed E-state index contributed by atoms with van der Waals surface area (Å²) in [5.41, 5.74) is 2.98. The number of aryl methyl sites for hydroxylation is 2. The quantitative estimate of drug-likeness (QED) is 0.820. The molecule has 0 aliphatic heterocycles. The third-order valence-corrected chi connectivity index (χ3v) is 3.51. The van der Waals surface area contributed by atoms with Crippen molar-refractivity contribution in [1.82, 2.24) is 19.5 Å². The minimum atomic E-state index is -0.0634. The molecule has 6 heteroatoms. The summed E-state index contributed by atoms with van der Waals surface area (Å²) in [7, 11) is 1.79. The number of hydrogen-bond donors (Lipinski definition) is 1. The van der Waals surface area contributed by atoms with E-state index in [-0.39, 0.29) is 12.5 Å². The van der Waals surface area contributed by atoms with Crippen molar-refractivity contribution in [2.75, 3.05) is 20.2 Å². The van der Waals surface area contributed by atoms with Gasteiger partial charge in [0.05, 0.1) is 6.20 Å². The van der Waals surface area contributed by atoms with Gasteiger partial charge in [0, 0.05) is 31.6 Å². The molecule has 0 saturated carbocycles. The normalized spacial score (nSPS) is 11.0. The van der Waals surface area contributed by atoms with Gasteiger partial charge in [-0.15, -0.1) is 0 Å². The number of unbranched alkanes of at least 4 members (excludes halogenated alkanes) is 2. The molecule has 21 heavy (non-hydrogen) atoms. The molecule has 0 fully saturated rings. The molecule has 0 unspecified atom stereocenters. The zero-order chi connectivity index (χ0) is 15.4. The Kier molecular flexibility index (Phi) is 4.90. The van der Waals surface area contributed by atoms with Gasteiger partial charge in [0.2, 0.25) is 0 Å². The molecule has 1 amide bonds. The molecule has 1 N–H and O–H groups in total. The van der Waals surface area contributed by atoms with E-state index in [9.17, 15) is 4.79 Å². The highest BCUT2D eigenvalue weighted by Gasteiger charge is 2.18. The lowest BCUT2D eigenvalue weighted by Crippen LogP contribution is -2.27. The molecule has 0 bridgehead atoms. The average molecular weight is 290 g/mol. The number of aliphatic hydroxyl groups is 1. The van der Waals surface area contributed by atoms with Gasteiger partial charge in [-0.3, -0.25) is 4.79 Å². The fourth-order valence-electron chi connectivity index (χ4n) is 2.37. The van der Waals surface area contributed by atoms with Crippen LogP contribution in [0.15, 0.2) is 12.3 Å². The maximum Gasteiger partial charge on any atom is 0.259 e. The monoisotopic (exact) mass is 290 g/mol. The molecular weight excluding hydrogens is 268 g/mol. The maximum absolute atomic E-state index is 12.5. The summed E-state index contributed by atoms with van der Waals surface area (Å²) in [6.07, 6.45) is 4.16. The van der Waals surface area contributed by atoms with Gasteiger partial charge < -0.3 is 10.0 Å². The number of rotatable bonds is 6. The van der Waals surface area contributed by atoms with Gasteiger partial charge in [0.15, 0.2) is 5.65 Å². The molecule has 2 rings (SSSR count). The lowest BCUT2D eigenvalue weighted by atomic mass is 10.2. The summed E-state index contributed by atoms with van der Waals surface area (Å²) < 4.78 is 1.69. The zero-order valence-electron chi connectivity index (χ0n) is 12.8. The molecule has 0 aliphatic rings. The molecule has 0 saturated heterocycles. The number of nitrogens with zero attached hydrogens (tertiary/aromatic N) is 4. The van der Waals surface area contributed by atoms with Gasteiger partial charge in [-0.05, 0) is 39.2 Å². The second kappa shape index (κ2) is 6.67. The van der Waals surface area contributed by atoms with Crippen molar-refractivity contribution in [2.24, 2.45) is 0 Å². The van der Waals surface area contributed by atoms with Crippen LogP contribution < -0.4 is 0 Å². The first-order valence-corrected chi connectivity index (χ1v) is 7.23. The number of amides is 1. The fraction of sp³-hybridized carbons (Fsp3) is 0.533. The summed E-state index contributed by atoms with van der Waals surface area (Å²) in [6, 6.07) is 1.94. The third-order valence-electron chi connectivity index (χ3n) is 3.51. The second-order valence-corrected chi connectivity index (χ2v) is 5.34. The fourth-order valence-corrected chi connectivity index (χ4v) is 2.37. The third kappa shape index (κ3) is 3.39. The van der Waals surface area contributed by atoms with Crippen LogP contribution in [0.4, 0.5) is 0 Å². The largest absolute Gasteiger partial charge is 0.396 e. The Morgan fingerprint density at radius 3 is 2.81 bits per heavy atom. The number of aromatic nitrogens is 3. The first-order chi connectivity index (χ1) is 10.0. The van der Waals surface area contributed by atoms with E-state index in [0.29, 0.717) is 17.8 Å². The van der Waals surface area contributed by atoms with Crippen LogP contribution in [0.3, 0.4) is 0 Å². The molecule has 2 aromatic rings. The van der Waals surface area contributed by atoms with Gasteiger partial charge in [0.1, 0.15) is 5.56 Å². The van der Waals surface area contributed by atoms with Crippen molar-refractivity contribution < 1.29 is 9.90 Å². The lowest BCUT2D eigenvalue weighted by molar-refractivity contribution is 0.0794. The Balaban J connectivity index is 2.16. The Morgan fingerprint density at radius 1 is 1.33 bits per heavy atom. The molecular formula is C15H22N4O2. The Bertz CT molecular complexity index is 636. The van der Waals surface area contributed by atoms with Crippen molar-refractivity contribution in [3.05, 3.63) is 29.2 Å². The summed E-state index contributed by atoms with van der Waals surface area (Å²) >= 11 is 0. The molecule has 6 nitrogen and oxygen atoms in total. The first-order valence-electron chi connectivity index (χ1n) is 7.23. The molecule has 0 spiro atoms. The Hall–Kier alpha value is -1.95. The highest BCUT2D eigenvalue weighted by Crippen LogP contribution is 2.14. The molecule has 0 radical (unpaired) electrons. The minimum absolute atomic E-state index is 0.0634. The number of hydrogen-bond acceptors (Lipinski definition) is 4. The molecule has 0 aromatic carbocycles. The predicted octanol–water partition coefficient (Wildman–Crippen LogP) is 1.58. The SMILES string of the molecule is Cc1cc(C)n2ncc(C(=O)N(C)CCCCCO)c2n1. The predicted molar refractivity (Wildman–Crippen MR) is 80.4 cm³/mol. The van der Waals surface area contributed by atoms with E-state index < -0.39 is 0 Å². The lowest BCUT2D eigenvalue weighted by Gasteiger charge is -2.16. The van der Waals surface area contributed by atoms with Crippen LogP contribution in [-0.2, 0) is 0 Å². The van der Waals surface area contributed by atoms with Crippen molar-refractivity contribution in [3.8, 4) is 0 Å². The van der Waals surface area contributed by atoms with E-state index in [2.05, 4.69) is 10.1 Å². The summed E-state index contributed by atoms with van der Waals surface area (Å²) in [6.45, 7) is 4.73. The van der Waals surface area contributed by atoms with Gasteiger partial charge >= 0.3 is 0 Å². The second-order valence-electron chi connectivity index (χ2n) is 5.34. The number of aliphatic hydroxyl groups excluding tert-OH is 1. The van der Waals surface area contributed by atoms with Crippen molar-refractivity contribution in [2.45, 2.75) is 33.1 Å². The first kappa shape index (κ1) is 15.4. The van der Waals surface area contributed by atoms with Crippen molar-refractivity contribution in [1.29, 1.82) is 0 Å². The summed E-state index contributed by atoms with van der Waals surface area (Å²) in [4.78, 5) is 18.6. The van der Waals surface area contributed by atoms with E-state index in [1.807, 2.05) is 19.9 Å². The van der Waals surface area contributed by atoms with Crippen LogP contribution in [0.2, 0.25) is 0 Å². The van der Waals surface area contributed by atoms with E-state index >= 15 is 0 Å². The Morgan fingerprint density at radius 2 is 2.10 bits per heavy atom. The van der Waals surface area contributed by atoms with Crippen LogP contribution in [-0.4, -0.2) is 50.7 Å². The van der Waals surface area contributed by atoms with E-state index in [1.54, 1.807) is 22.7 Å². The maximum atomic E-state index is 12.5. The molecule has 0 aliphatic carbocycles. The zero-order valence-corrected chi connectivity index (χ0v) is 12.8. The molecule has 114 valence electrons. The number of carbonyl (C=O) groups excluding carboxylic acids is 1. The highest BCUT2D eigenvalue weighted by molar-refractivity contribution is 5.99. The topological polar surface area (TPSA) is 70.7 Å². The highest BCUT2D eigenvalue weighted by atomic mass is 16.2. The van der Waals surface area contributed by atoms with Gasteiger partial charge in [-0.1, -0.05) is 0 Å². The van der Waals surface area contributed by atoms with E-state index in [0.717, 1.165) is 30.7 Å². The number of carbonyl (C=O) groups is 1. The van der Waals surface area contributed by atoms with Gasteiger partial charge in [-0.25, -0.2) is 9.50 Å². The van der Waals surface area contributed by atoms with Crippen LogP contribution in [0.5, 0.6) is 0 Å². The van der Waals surface area contributed by atoms with Crippen LogP contribution >= 0.6 is 0 Å². The van der Waals surface area contributed by atoms with E-state index in [1.165, 1.54) is 0 Å². The summed E-state index contributed by atoms with van der Waals surface area (Å²) in [5, 5.41) is 13.0. The van der Waals surface area contributed by atoms with E-state index in [4.69, 9.17) is 5.11 Å². The standard InChI is InChI=1S/C15H22N4O2/c1-11-9-12(2)19-14(17-11)13(10-16-19)15(21)18(3)7-5-4-6-8-20/h9-10,20H,4-8H2,1-3H3. The minimum Gasteiger partial charge on any atom is -0.396 e. The Labute approximate surface area is 124 Å². The average Bonchev–Trinajstić information content (AvgIpc) is 2.86. The molecule has 2 heterocycles. The van der Waals surface area contributed by atoms with Crippen LogP contribution in [0.1, 0.15) is 41.0 Å². The summed E-state index contributed by atoms with van der Waals surface area (Å²) in [5.74, 6) is -0.0634. The van der Waals surface area contributed by atoms with Crippen molar-refractivity contribution in [3.63, 3.8) is 0 Å². The smallest absolute Gasteiger partial charge is 0.259 e. The van der Waals surface area contributed by atoms with Crippen molar-refractivity contribution >= 4 is 11.6 Å². The molecule has 2 aromatic heterocycles.